The van der Waals surface area contributed by atoms with Crippen LogP contribution in [0.2, 0.25) is 0 Å². The fraction of sp³-hybridized carbons (Fsp3) is 0.417. The van der Waals surface area contributed by atoms with E-state index in [2.05, 4.69) is 4.74 Å². The standard InChI is InChI=1S/C12H13F4NO2/c1-2-19-11(18)6-10(17)7-3-4-9(13)8(5-7)12(14,15)16/h3-5,10H,2,6,17H2,1H3/t10-/m1/s1. The highest BCUT2D eigenvalue weighted by molar-refractivity contribution is 5.70. The Labute approximate surface area is 107 Å². The molecule has 0 unspecified atom stereocenters. The summed E-state index contributed by atoms with van der Waals surface area (Å²) in [5, 5.41) is 0. The summed E-state index contributed by atoms with van der Waals surface area (Å²) >= 11 is 0. The number of ether oxygens (including phenoxy) is 1. The number of esters is 1. The number of carbonyl (C=O) groups is 1. The molecule has 106 valence electrons. The summed E-state index contributed by atoms with van der Waals surface area (Å²) in [5.41, 5.74) is 4.23. The average Bonchev–Trinajstić information content (AvgIpc) is 2.27. The number of rotatable bonds is 4. The van der Waals surface area contributed by atoms with Gasteiger partial charge in [-0.25, -0.2) is 4.39 Å². The normalized spacial score (nSPS) is 13.2. The molecule has 1 atom stereocenters. The van der Waals surface area contributed by atoms with Crippen molar-refractivity contribution in [1.29, 1.82) is 0 Å². The van der Waals surface area contributed by atoms with Gasteiger partial charge in [-0.05, 0) is 24.6 Å². The zero-order valence-corrected chi connectivity index (χ0v) is 10.1. The van der Waals surface area contributed by atoms with Crippen molar-refractivity contribution in [2.45, 2.75) is 25.6 Å². The van der Waals surface area contributed by atoms with Gasteiger partial charge >= 0.3 is 12.1 Å². The number of halogens is 4. The minimum Gasteiger partial charge on any atom is -0.466 e. The zero-order chi connectivity index (χ0) is 14.6. The molecule has 1 aromatic carbocycles. The van der Waals surface area contributed by atoms with Crippen LogP contribution in [0.15, 0.2) is 18.2 Å². The molecular weight excluding hydrogens is 266 g/mol. The molecule has 2 N–H and O–H groups in total. The molecule has 0 aliphatic rings. The molecule has 1 aromatic rings. The van der Waals surface area contributed by atoms with E-state index in [-0.39, 0.29) is 18.6 Å². The first-order valence-corrected chi connectivity index (χ1v) is 5.53. The van der Waals surface area contributed by atoms with Gasteiger partial charge in [-0.3, -0.25) is 4.79 Å². The summed E-state index contributed by atoms with van der Waals surface area (Å²) in [5.74, 6) is -1.99. The highest BCUT2D eigenvalue weighted by Crippen LogP contribution is 2.33. The molecule has 1 rings (SSSR count). The third kappa shape index (κ3) is 4.20. The second-order valence-electron chi connectivity index (χ2n) is 3.85. The van der Waals surface area contributed by atoms with E-state index in [9.17, 15) is 22.4 Å². The predicted octanol–water partition coefficient (Wildman–Crippen LogP) is 2.80. The minimum atomic E-state index is -4.80. The maximum absolute atomic E-state index is 13.1. The maximum Gasteiger partial charge on any atom is 0.419 e. The zero-order valence-electron chi connectivity index (χ0n) is 10.1. The van der Waals surface area contributed by atoms with E-state index in [1.165, 1.54) is 0 Å². The lowest BCUT2D eigenvalue weighted by Gasteiger charge is -2.14. The first kappa shape index (κ1) is 15.4. The van der Waals surface area contributed by atoms with Gasteiger partial charge in [0, 0.05) is 6.04 Å². The molecule has 0 amide bonds. The average molecular weight is 279 g/mol. The van der Waals surface area contributed by atoms with E-state index in [0.29, 0.717) is 12.1 Å². The van der Waals surface area contributed by atoms with E-state index in [1.54, 1.807) is 6.92 Å². The quantitative estimate of drug-likeness (QED) is 0.681. The Morgan fingerprint density at radius 1 is 1.42 bits per heavy atom. The molecule has 0 aliphatic carbocycles. The minimum absolute atomic E-state index is 0.0294. The molecule has 7 heteroatoms. The number of nitrogens with two attached hydrogens (primary N) is 1. The van der Waals surface area contributed by atoms with Crippen LogP contribution < -0.4 is 5.73 Å². The van der Waals surface area contributed by atoms with Gasteiger partial charge in [0.2, 0.25) is 0 Å². The van der Waals surface area contributed by atoms with Gasteiger partial charge in [0.1, 0.15) is 5.82 Å². The van der Waals surface area contributed by atoms with Gasteiger partial charge < -0.3 is 10.5 Å². The second kappa shape index (κ2) is 6.01. The smallest absolute Gasteiger partial charge is 0.419 e. The Balaban J connectivity index is 2.93. The van der Waals surface area contributed by atoms with E-state index in [1.807, 2.05) is 0 Å². The third-order valence-corrected chi connectivity index (χ3v) is 2.42. The van der Waals surface area contributed by atoms with Crippen molar-refractivity contribution in [3.63, 3.8) is 0 Å². The molecule has 0 aromatic heterocycles. The fourth-order valence-corrected chi connectivity index (χ4v) is 1.51. The Kier molecular flexibility index (Phi) is 4.88. The van der Waals surface area contributed by atoms with Crippen molar-refractivity contribution in [2.24, 2.45) is 5.73 Å². The fourth-order valence-electron chi connectivity index (χ4n) is 1.51. The van der Waals surface area contributed by atoms with Crippen molar-refractivity contribution >= 4 is 5.97 Å². The molecule has 19 heavy (non-hydrogen) atoms. The van der Waals surface area contributed by atoms with Crippen LogP contribution in [0.3, 0.4) is 0 Å². The van der Waals surface area contributed by atoms with E-state index in [0.717, 1.165) is 6.07 Å². The van der Waals surface area contributed by atoms with Crippen LogP contribution in [0.4, 0.5) is 17.6 Å². The van der Waals surface area contributed by atoms with Gasteiger partial charge in [-0.1, -0.05) is 6.07 Å². The largest absolute Gasteiger partial charge is 0.466 e. The van der Waals surface area contributed by atoms with E-state index < -0.39 is 29.6 Å². The number of hydrogen-bond acceptors (Lipinski definition) is 3. The first-order chi connectivity index (χ1) is 8.75. The van der Waals surface area contributed by atoms with Crippen LogP contribution in [0.25, 0.3) is 0 Å². The topological polar surface area (TPSA) is 52.3 Å². The lowest BCUT2D eigenvalue weighted by atomic mass is 10.0. The summed E-state index contributed by atoms with van der Waals surface area (Å²) in [6, 6.07) is 1.44. The summed E-state index contributed by atoms with van der Waals surface area (Å²) < 4.78 is 55.2. The van der Waals surface area contributed by atoms with Crippen molar-refractivity contribution in [1.82, 2.24) is 0 Å². The molecule has 0 radical (unpaired) electrons. The Hall–Kier alpha value is -1.63. The van der Waals surface area contributed by atoms with Crippen molar-refractivity contribution in [2.75, 3.05) is 6.61 Å². The monoisotopic (exact) mass is 279 g/mol. The molecule has 0 aliphatic heterocycles. The molecule has 0 spiro atoms. The molecule has 0 heterocycles. The predicted molar refractivity (Wildman–Crippen MR) is 59.6 cm³/mol. The highest BCUT2D eigenvalue weighted by atomic mass is 19.4. The summed E-state index contributed by atoms with van der Waals surface area (Å²) in [6.45, 7) is 1.76. The highest BCUT2D eigenvalue weighted by Gasteiger charge is 2.34. The van der Waals surface area contributed by atoms with Crippen molar-refractivity contribution in [3.05, 3.63) is 35.1 Å². The Morgan fingerprint density at radius 2 is 2.05 bits per heavy atom. The number of hydrogen-bond donors (Lipinski definition) is 1. The van der Waals surface area contributed by atoms with E-state index in [4.69, 9.17) is 5.73 Å². The van der Waals surface area contributed by atoms with Crippen LogP contribution in [0, 0.1) is 5.82 Å². The van der Waals surface area contributed by atoms with Gasteiger partial charge in [-0.15, -0.1) is 0 Å². The van der Waals surface area contributed by atoms with Crippen LogP contribution in [0.1, 0.15) is 30.5 Å². The molecule has 0 fully saturated rings. The number of alkyl halides is 3. The van der Waals surface area contributed by atoms with Gasteiger partial charge in [0.15, 0.2) is 0 Å². The summed E-state index contributed by atoms with van der Waals surface area (Å²) in [4.78, 5) is 11.2. The molecule has 0 saturated heterocycles. The lowest BCUT2D eigenvalue weighted by Crippen LogP contribution is -2.18. The van der Waals surface area contributed by atoms with Crippen molar-refractivity contribution < 1.29 is 27.1 Å². The number of benzene rings is 1. The van der Waals surface area contributed by atoms with Crippen LogP contribution in [-0.2, 0) is 15.7 Å². The molecule has 0 saturated carbocycles. The molecular formula is C12H13F4NO2. The lowest BCUT2D eigenvalue weighted by molar-refractivity contribution is -0.143. The van der Waals surface area contributed by atoms with Gasteiger partial charge in [0.25, 0.3) is 0 Å². The molecule has 3 nitrogen and oxygen atoms in total. The SMILES string of the molecule is CCOC(=O)C[C@@H](N)c1ccc(F)c(C(F)(F)F)c1. The first-order valence-electron chi connectivity index (χ1n) is 5.53. The van der Waals surface area contributed by atoms with Gasteiger partial charge in [0.05, 0.1) is 18.6 Å². The van der Waals surface area contributed by atoms with Crippen LogP contribution >= 0.6 is 0 Å². The van der Waals surface area contributed by atoms with Crippen LogP contribution in [0.5, 0.6) is 0 Å². The molecule has 0 bridgehead atoms. The van der Waals surface area contributed by atoms with Crippen LogP contribution in [-0.4, -0.2) is 12.6 Å². The Morgan fingerprint density at radius 3 is 2.58 bits per heavy atom. The summed E-state index contributed by atoms with van der Waals surface area (Å²) in [6.07, 6.45) is -5.07. The van der Waals surface area contributed by atoms with E-state index >= 15 is 0 Å². The van der Waals surface area contributed by atoms with Gasteiger partial charge in [-0.2, -0.15) is 13.2 Å². The maximum atomic E-state index is 13.1. The third-order valence-electron chi connectivity index (χ3n) is 2.42. The van der Waals surface area contributed by atoms with Crippen molar-refractivity contribution in [3.8, 4) is 0 Å². The Bertz CT molecular complexity index is 460. The second-order valence-corrected chi connectivity index (χ2v) is 3.85. The number of carbonyl (C=O) groups excluding carboxylic acids is 1. The summed E-state index contributed by atoms with van der Waals surface area (Å²) in [7, 11) is 0.